The summed E-state index contributed by atoms with van der Waals surface area (Å²) in [5.41, 5.74) is -0.478. The van der Waals surface area contributed by atoms with Crippen LogP contribution in [0.25, 0.3) is 10.9 Å². The third kappa shape index (κ3) is 2.82. The van der Waals surface area contributed by atoms with E-state index in [1.807, 2.05) is 0 Å². The van der Waals surface area contributed by atoms with Crippen LogP contribution in [-0.4, -0.2) is 35.5 Å². The lowest BCUT2D eigenvalue weighted by atomic mass is 9.94. The molecule has 1 aliphatic heterocycles. The predicted octanol–water partition coefficient (Wildman–Crippen LogP) is 2.47. The largest absolute Gasteiger partial charge is 0.388 e. The fraction of sp³-hybridized carbons (Fsp3) is 0.400. The Balaban J connectivity index is 1.89. The third-order valence-corrected chi connectivity index (χ3v) is 3.82. The Morgan fingerprint density at radius 2 is 1.90 bits per heavy atom. The smallest absolute Gasteiger partial charge is 0.149 e. The lowest BCUT2D eigenvalue weighted by Gasteiger charge is -2.32. The van der Waals surface area contributed by atoms with Crippen molar-refractivity contribution >= 4 is 16.6 Å². The standard InChI is InChI=1S/C15H16F2N2O2/c16-10-1-2-11(17)14-13(10)12(3-6-18-14)19-9-15(20)4-7-21-8-5-15/h1-3,6,20H,4-5,7-9H2,(H,18,19). The van der Waals surface area contributed by atoms with Gasteiger partial charge in [0.1, 0.15) is 17.2 Å². The maximum absolute atomic E-state index is 14.0. The highest BCUT2D eigenvalue weighted by Gasteiger charge is 2.29. The van der Waals surface area contributed by atoms with E-state index in [9.17, 15) is 13.9 Å². The second-order valence-corrected chi connectivity index (χ2v) is 5.30. The van der Waals surface area contributed by atoms with Crippen molar-refractivity contribution in [3.63, 3.8) is 0 Å². The van der Waals surface area contributed by atoms with Crippen molar-refractivity contribution in [2.24, 2.45) is 0 Å². The molecule has 1 aromatic carbocycles. The number of hydrogen-bond donors (Lipinski definition) is 2. The van der Waals surface area contributed by atoms with Gasteiger partial charge in [0, 0.05) is 44.5 Å². The van der Waals surface area contributed by atoms with Crippen LogP contribution < -0.4 is 5.32 Å². The summed E-state index contributed by atoms with van der Waals surface area (Å²) in [4.78, 5) is 3.88. The van der Waals surface area contributed by atoms with E-state index in [0.29, 0.717) is 31.7 Å². The summed E-state index contributed by atoms with van der Waals surface area (Å²) in [6.45, 7) is 1.25. The SMILES string of the molecule is OC1(CNc2ccnc3c(F)ccc(F)c23)CCOCC1. The molecule has 0 unspecified atom stereocenters. The van der Waals surface area contributed by atoms with Gasteiger partial charge < -0.3 is 15.2 Å². The number of halogens is 2. The van der Waals surface area contributed by atoms with Gasteiger partial charge in [0.25, 0.3) is 0 Å². The second kappa shape index (κ2) is 5.54. The number of fused-ring (bicyclic) bond motifs is 1. The van der Waals surface area contributed by atoms with E-state index in [4.69, 9.17) is 4.74 Å². The first-order chi connectivity index (χ1) is 10.1. The molecule has 1 aromatic heterocycles. The minimum atomic E-state index is -0.891. The van der Waals surface area contributed by atoms with Crippen molar-refractivity contribution in [1.82, 2.24) is 4.98 Å². The lowest BCUT2D eigenvalue weighted by molar-refractivity contribution is -0.0543. The van der Waals surface area contributed by atoms with Crippen LogP contribution in [0.5, 0.6) is 0 Å². The molecule has 0 atom stereocenters. The molecule has 0 radical (unpaired) electrons. The number of anilines is 1. The Morgan fingerprint density at radius 3 is 2.67 bits per heavy atom. The van der Waals surface area contributed by atoms with Crippen LogP contribution in [0, 0.1) is 11.6 Å². The average molecular weight is 294 g/mol. The zero-order chi connectivity index (χ0) is 14.9. The van der Waals surface area contributed by atoms with Crippen molar-refractivity contribution in [3.8, 4) is 0 Å². The third-order valence-electron chi connectivity index (χ3n) is 3.82. The first kappa shape index (κ1) is 14.2. The van der Waals surface area contributed by atoms with Gasteiger partial charge in [-0.15, -0.1) is 0 Å². The number of aliphatic hydroxyl groups is 1. The molecular formula is C15H16F2N2O2. The Labute approximate surface area is 120 Å². The van der Waals surface area contributed by atoms with Gasteiger partial charge in [0.2, 0.25) is 0 Å². The Bertz CT molecular complexity index is 657. The van der Waals surface area contributed by atoms with Crippen LogP contribution in [0.15, 0.2) is 24.4 Å². The van der Waals surface area contributed by atoms with Gasteiger partial charge in [-0.25, -0.2) is 8.78 Å². The van der Waals surface area contributed by atoms with Crippen molar-refractivity contribution in [2.75, 3.05) is 25.1 Å². The summed E-state index contributed by atoms with van der Waals surface area (Å²) in [5.74, 6) is -1.11. The van der Waals surface area contributed by atoms with Gasteiger partial charge in [-0.05, 0) is 18.2 Å². The molecule has 2 heterocycles. The highest BCUT2D eigenvalue weighted by atomic mass is 19.1. The van der Waals surface area contributed by atoms with Gasteiger partial charge in [-0.1, -0.05) is 0 Å². The fourth-order valence-electron chi connectivity index (χ4n) is 2.53. The highest BCUT2D eigenvalue weighted by Crippen LogP contribution is 2.28. The number of benzene rings is 1. The van der Waals surface area contributed by atoms with Gasteiger partial charge in [-0.3, -0.25) is 4.98 Å². The molecule has 1 fully saturated rings. The van der Waals surface area contributed by atoms with E-state index in [2.05, 4.69) is 10.3 Å². The second-order valence-electron chi connectivity index (χ2n) is 5.30. The maximum atomic E-state index is 14.0. The molecule has 0 bridgehead atoms. The molecule has 1 aliphatic rings. The number of nitrogens with zero attached hydrogens (tertiary/aromatic N) is 1. The zero-order valence-corrected chi connectivity index (χ0v) is 11.4. The normalized spacial score (nSPS) is 17.9. The highest BCUT2D eigenvalue weighted by molar-refractivity contribution is 5.91. The first-order valence-electron chi connectivity index (χ1n) is 6.86. The van der Waals surface area contributed by atoms with Crippen LogP contribution in [0.3, 0.4) is 0 Å². The van der Waals surface area contributed by atoms with Crippen molar-refractivity contribution in [1.29, 1.82) is 0 Å². The summed E-state index contributed by atoms with van der Waals surface area (Å²) >= 11 is 0. The number of nitrogens with one attached hydrogen (secondary N) is 1. The van der Waals surface area contributed by atoms with E-state index >= 15 is 0 Å². The summed E-state index contributed by atoms with van der Waals surface area (Å²) in [6.07, 6.45) is 2.45. The minimum absolute atomic E-state index is 0.0148. The number of rotatable bonds is 3. The lowest BCUT2D eigenvalue weighted by Crippen LogP contribution is -2.42. The van der Waals surface area contributed by atoms with E-state index in [1.165, 1.54) is 6.20 Å². The Hall–Kier alpha value is -1.79. The molecule has 0 spiro atoms. The molecule has 2 N–H and O–H groups in total. The summed E-state index contributed by atoms with van der Waals surface area (Å²) in [7, 11) is 0. The van der Waals surface area contributed by atoms with Crippen molar-refractivity contribution in [2.45, 2.75) is 18.4 Å². The number of aromatic nitrogens is 1. The molecule has 2 aromatic rings. The molecule has 6 heteroatoms. The molecule has 0 saturated carbocycles. The monoisotopic (exact) mass is 294 g/mol. The Morgan fingerprint density at radius 1 is 1.19 bits per heavy atom. The minimum Gasteiger partial charge on any atom is -0.388 e. The van der Waals surface area contributed by atoms with E-state index in [0.717, 1.165) is 12.1 Å². The van der Waals surface area contributed by atoms with Crippen LogP contribution in [0.1, 0.15) is 12.8 Å². The summed E-state index contributed by atoms with van der Waals surface area (Å²) in [6, 6.07) is 3.71. The molecule has 21 heavy (non-hydrogen) atoms. The van der Waals surface area contributed by atoms with Crippen molar-refractivity contribution < 1.29 is 18.6 Å². The fourth-order valence-corrected chi connectivity index (χ4v) is 2.53. The number of pyridine rings is 1. The molecule has 3 rings (SSSR count). The quantitative estimate of drug-likeness (QED) is 0.913. The number of hydrogen-bond acceptors (Lipinski definition) is 4. The van der Waals surface area contributed by atoms with Gasteiger partial charge in [-0.2, -0.15) is 0 Å². The molecule has 0 aliphatic carbocycles. The van der Waals surface area contributed by atoms with E-state index in [1.54, 1.807) is 6.07 Å². The molecule has 0 amide bonds. The molecule has 112 valence electrons. The van der Waals surface area contributed by atoms with Crippen LogP contribution in [0.2, 0.25) is 0 Å². The predicted molar refractivity (Wildman–Crippen MR) is 75.2 cm³/mol. The van der Waals surface area contributed by atoms with Crippen molar-refractivity contribution in [3.05, 3.63) is 36.0 Å². The molecule has 1 saturated heterocycles. The first-order valence-corrected chi connectivity index (χ1v) is 6.86. The zero-order valence-electron chi connectivity index (χ0n) is 11.4. The molecular weight excluding hydrogens is 278 g/mol. The van der Waals surface area contributed by atoms with Crippen LogP contribution in [-0.2, 0) is 4.74 Å². The van der Waals surface area contributed by atoms with Gasteiger partial charge >= 0.3 is 0 Å². The summed E-state index contributed by atoms with van der Waals surface area (Å²) < 4.78 is 32.9. The topological polar surface area (TPSA) is 54.4 Å². The average Bonchev–Trinajstić information content (AvgIpc) is 2.50. The Kier molecular flexibility index (Phi) is 3.73. The number of ether oxygens (including phenoxy) is 1. The van der Waals surface area contributed by atoms with Crippen LogP contribution in [0.4, 0.5) is 14.5 Å². The van der Waals surface area contributed by atoms with E-state index in [-0.39, 0.29) is 17.4 Å². The molecule has 4 nitrogen and oxygen atoms in total. The van der Waals surface area contributed by atoms with E-state index < -0.39 is 17.2 Å². The maximum Gasteiger partial charge on any atom is 0.149 e. The summed E-state index contributed by atoms with van der Waals surface area (Å²) in [5, 5.41) is 13.5. The van der Waals surface area contributed by atoms with Gasteiger partial charge in [0.05, 0.1) is 11.0 Å². The van der Waals surface area contributed by atoms with Crippen LogP contribution >= 0.6 is 0 Å². The van der Waals surface area contributed by atoms with Gasteiger partial charge in [0.15, 0.2) is 0 Å².